The molecular weight excluding hydrogens is 384 g/mol. The van der Waals surface area contributed by atoms with E-state index in [2.05, 4.69) is 4.99 Å². The summed E-state index contributed by atoms with van der Waals surface area (Å²) in [5.74, 6) is 0.433. The van der Waals surface area contributed by atoms with Gasteiger partial charge in [-0.15, -0.1) is 0 Å². The van der Waals surface area contributed by atoms with Crippen molar-refractivity contribution in [2.75, 3.05) is 20.8 Å². The van der Waals surface area contributed by atoms with E-state index in [0.29, 0.717) is 29.5 Å². The number of benzene rings is 1. The van der Waals surface area contributed by atoms with Gasteiger partial charge in [-0.2, -0.15) is 4.99 Å². The maximum Gasteiger partial charge on any atom is 0.315 e. The number of methoxy groups -OCH3 is 2. The van der Waals surface area contributed by atoms with Crippen LogP contribution in [0.15, 0.2) is 39.9 Å². The van der Waals surface area contributed by atoms with Gasteiger partial charge in [0.25, 0.3) is 0 Å². The van der Waals surface area contributed by atoms with Crippen LogP contribution in [0.1, 0.15) is 23.9 Å². The highest BCUT2D eigenvalue weighted by Gasteiger charge is 2.15. The number of ether oxygens (including phenoxy) is 3. The molecule has 3 rings (SSSR count). The zero-order chi connectivity index (χ0) is 20.1. The molecule has 0 aliphatic carbocycles. The highest BCUT2D eigenvalue weighted by atomic mass is 32.1. The summed E-state index contributed by atoms with van der Waals surface area (Å²) in [5.41, 5.74) is 0.776. The molecule has 3 aromatic rings. The Morgan fingerprint density at radius 2 is 1.96 bits per heavy atom. The van der Waals surface area contributed by atoms with Gasteiger partial charge in [0, 0.05) is 18.7 Å². The Balaban J connectivity index is 2.10. The molecule has 28 heavy (non-hydrogen) atoms. The van der Waals surface area contributed by atoms with Crippen molar-refractivity contribution in [3.05, 3.63) is 41.1 Å². The normalized spacial score (nSPS) is 11.6. The fraction of sp³-hybridized carbons (Fsp3) is 0.316. The van der Waals surface area contributed by atoms with Gasteiger partial charge in [0.2, 0.25) is 0 Å². The van der Waals surface area contributed by atoms with Gasteiger partial charge in [-0.05, 0) is 19.1 Å². The number of hydrogen-bond donors (Lipinski definition) is 0. The average Bonchev–Trinajstić information content (AvgIpc) is 3.33. The van der Waals surface area contributed by atoms with Gasteiger partial charge in [-0.1, -0.05) is 11.3 Å². The molecule has 0 atom stereocenters. The zero-order valence-corrected chi connectivity index (χ0v) is 16.6. The molecule has 0 aliphatic rings. The molecule has 8 nitrogen and oxygen atoms in total. The van der Waals surface area contributed by atoms with E-state index in [1.54, 1.807) is 43.9 Å². The number of rotatable bonds is 7. The van der Waals surface area contributed by atoms with Crippen LogP contribution >= 0.6 is 11.3 Å². The van der Waals surface area contributed by atoms with Crippen LogP contribution in [-0.2, 0) is 16.1 Å². The first-order chi connectivity index (χ1) is 13.6. The van der Waals surface area contributed by atoms with Crippen molar-refractivity contribution in [2.24, 2.45) is 4.99 Å². The molecule has 0 unspecified atom stereocenters. The molecule has 0 saturated carbocycles. The van der Waals surface area contributed by atoms with Crippen molar-refractivity contribution in [1.82, 2.24) is 4.57 Å². The predicted octanol–water partition coefficient (Wildman–Crippen LogP) is 3.01. The SMILES string of the molecule is CCOC(=O)CCn1c(=NC(=O)c2ccco2)sc2cc(OC)c(OC)cc21. The van der Waals surface area contributed by atoms with Gasteiger partial charge in [-0.25, -0.2) is 0 Å². The molecule has 0 fully saturated rings. The van der Waals surface area contributed by atoms with Crippen molar-refractivity contribution >= 4 is 33.4 Å². The maximum absolute atomic E-state index is 12.4. The average molecular weight is 404 g/mol. The third-order valence-electron chi connectivity index (χ3n) is 3.96. The van der Waals surface area contributed by atoms with Crippen LogP contribution in [0.3, 0.4) is 0 Å². The van der Waals surface area contributed by atoms with Gasteiger partial charge >= 0.3 is 11.9 Å². The second-order valence-corrected chi connectivity index (χ2v) is 6.67. The number of thiazole rings is 1. The first kappa shape index (κ1) is 19.7. The van der Waals surface area contributed by atoms with Crippen LogP contribution in [0.2, 0.25) is 0 Å². The Hall–Kier alpha value is -3.07. The lowest BCUT2D eigenvalue weighted by Gasteiger charge is -2.09. The molecule has 2 heterocycles. The quantitative estimate of drug-likeness (QED) is 0.562. The van der Waals surface area contributed by atoms with E-state index in [0.717, 1.165) is 10.2 Å². The Morgan fingerprint density at radius 3 is 2.61 bits per heavy atom. The number of carbonyl (C=O) groups is 2. The van der Waals surface area contributed by atoms with Crippen LogP contribution < -0.4 is 14.3 Å². The number of carbonyl (C=O) groups excluding carboxylic acids is 2. The van der Waals surface area contributed by atoms with Crippen molar-refractivity contribution in [3.63, 3.8) is 0 Å². The number of aromatic nitrogens is 1. The van der Waals surface area contributed by atoms with E-state index in [-0.39, 0.29) is 18.2 Å². The Bertz CT molecular complexity index is 1050. The van der Waals surface area contributed by atoms with Crippen LogP contribution in [0.25, 0.3) is 10.2 Å². The lowest BCUT2D eigenvalue weighted by Crippen LogP contribution is -2.19. The monoisotopic (exact) mass is 404 g/mol. The van der Waals surface area contributed by atoms with Crippen molar-refractivity contribution in [1.29, 1.82) is 0 Å². The summed E-state index contributed by atoms with van der Waals surface area (Å²) >= 11 is 1.31. The van der Waals surface area contributed by atoms with Gasteiger partial charge < -0.3 is 23.2 Å². The predicted molar refractivity (Wildman–Crippen MR) is 103 cm³/mol. The van der Waals surface area contributed by atoms with Gasteiger partial charge in [-0.3, -0.25) is 9.59 Å². The van der Waals surface area contributed by atoms with E-state index < -0.39 is 5.91 Å². The van der Waals surface area contributed by atoms with E-state index in [9.17, 15) is 9.59 Å². The lowest BCUT2D eigenvalue weighted by molar-refractivity contribution is -0.143. The summed E-state index contributed by atoms with van der Waals surface area (Å²) in [5, 5.41) is 0. The van der Waals surface area contributed by atoms with Crippen molar-refractivity contribution < 1.29 is 28.2 Å². The summed E-state index contributed by atoms with van der Waals surface area (Å²) in [6.45, 7) is 2.37. The third-order valence-corrected chi connectivity index (χ3v) is 5.00. The minimum absolute atomic E-state index is 0.143. The zero-order valence-electron chi connectivity index (χ0n) is 15.8. The number of amides is 1. The number of nitrogens with zero attached hydrogens (tertiary/aromatic N) is 2. The number of aryl methyl sites for hydroxylation is 1. The molecular formula is C19H20N2O6S. The topological polar surface area (TPSA) is 92.3 Å². The van der Waals surface area contributed by atoms with E-state index in [1.165, 1.54) is 17.6 Å². The van der Waals surface area contributed by atoms with Gasteiger partial charge in [0.15, 0.2) is 22.1 Å². The molecule has 2 aromatic heterocycles. The second-order valence-electron chi connectivity index (χ2n) is 5.66. The molecule has 0 spiro atoms. The number of esters is 1. The summed E-state index contributed by atoms with van der Waals surface area (Å²) < 4.78 is 23.5. The summed E-state index contributed by atoms with van der Waals surface area (Å²) in [4.78, 5) is 28.8. The molecule has 0 saturated heterocycles. The molecule has 9 heteroatoms. The molecule has 1 aromatic carbocycles. The molecule has 0 radical (unpaired) electrons. The van der Waals surface area contributed by atoms with Crippen molar-refractivity contribution in [2.45, 2.75) is 19.9 Å². The molecule has 1 amide bonds. The maximum atomic E-state index is 12.4. The van der Waals surface area contributed by atoms with Crippen molar-refractivity contribution in [3.8, 4) is 11.5 Å². The first-order valence-corrected chi connectivity index (χ1v) is 9.42. The van der Waals surface area contributed by atoms with Gasteiger partial charge in [0.05, 0.1) is 43.7 Å². The molecule has 0 aliphatic heterocycles. The number of furan rings is 1. The Morgan fingerprint density at radius 1 is 1.21 bits per heavy atom. The Labute approximate surface area is 165 Å². The summed E-state index contributed by atoms with van der Waals surface area (Å²) in [7, 11) is 3.10. The lowest BCUT2D eigenvalue weighted by atomic mass is 10.3. The summed E-state index contributed by atoms with van der Waals surface area (Å²) in [6.07, 6.45) is 1.56. The fourth-order valence-corrected chi connectivity index (χ4v) is 3.74. The van der Waals surface area contributed by atoms with Crippen LogP contribution in [-0.4, -0.2) is 37.3 Å². The third kappa shape index (κ3) is 4.09. The molecule has 0 N–H and O–H groups in total. The van der Waals surface area contributed by atoms with Gasteiger partial charge in [0.1, 0.15) is 0 Å². The minimum Gasteiger partial charge on any atom is -0.493 e. The fourth-order valence-electron chi connectivity index (χ4n) is 2.68. The Kier molecular flexibility index (Phi) is 6.15. The number of hydrogen-bond acceptors (Lipinski definition) is 7. The molecule has 148 valence electrons. The first-order valence-electron chi connectivity index (χ1n) is 8.61. The summed E-state index contributed by atoms with van der Waals surface area (Å²) in [6, 6.07) is 6.79. The van der Waals surface area contributed by atoms with E-state index in [1.807, 2.05) is 6.07 Å². The highest BCUT2D eigenvalue weighted by molar-refractivity contribution is 7.16. The smallest absolute Gasteiger partial charge is 0.315 e. The van der Waals surface area contributed by atoms with Crippen LogP contribution in [0.5, 0.6) is 11.5 Å². The van der Waals surface area contributed by atoms with E-state index in [4.69, 9.17) is 18.6 Å². The highest BCUT2D eigenvalue weighted by Crippen LogP contribution is 2.33. The second kappa shape index (κ2) is 8.75. The van der Waals surface area contributed by atoms with Crippen LogP contribution in [0.4, 0.5) is 0 Å². The largest absolute Gasteiger partial charge is 0.493 e. The van der Waals surface area contributed by atoms with E-state index >= 15 is 0 Å². The molecule has 0 bridgehead atoms. The minimum atomic E-state index is -0.500. The number of fused-ring (bicyclic) bond motifs is 1. The standard InChI is InChI=1S/C19H20N2O6S/c1-4-26-17(22)7-8-21-12-10-14(24-2)15(25-3)11-16(12)28-19(21)20-18(23)13-6-5-9-27-13/h5-6,9-11H,4,7-8H2,1-3H3. The van der Waals surface area contributed by atoms with Crippen LogP contribution in [0, 0.1) is 0 Å².